The van der Waals surface area contributed by atoms with Crippen LogP contribution in [0.1, 0.15) is 11.1 Å². The molecule has 3 aromatic carbocycles. The molecule has 0 aliphatic carbocycles. The molecule has 1 heterocycles. The first-order chi connectivity index (χ1) is 13.8. The molecular weight excluding hydrogens is 405 g/mol. The van der Waals surface area contributed by atoms with Crippen molar-refractivity contribution in [1.29, 1.82) is 0 Å². The van der Waals surface area contributed by atoms with E-state index >= 15 is 0 Å². The molecule has 0 radical (unpaired) electrons. The number of alkyl halides is 3. The number of fused-ring (bicyclic) bond motifs is 2. The molecule has 0 saturated carbocycles. The van der Waals surface area contributed by atoms with Crippen LogP contribution in [-0.4, -0.2) is 21.6 Å². The fourth-order valence-electron chi connectivity index (χ4n) is 3.35. The molecule has 29 heavy (non-hydrogen) atoms. The summed E-state index contributed by atoms with van der Waals surface area (Å²) in [4.78, 5) is -0.00604. The quantitative estimate of drug-likeness (QED) is 0.666. The molecule has 2 N–H and O–H groups in total. The minimum absolute atomic E-state index is 0.00604. The maximum Gasteiger partial charge on any atom is 0.420 e. The van der Waals surface area contributed by atoms with Gasteiger partial charge in [0.25, 0.3) is 10.0 Å². The van der Waals surface area contributed by atoms with Gasteiger partial charge in [0, 0.05) is 24.0 Å². The predicted octanol–water partition coefficient (Wildman–Crippen LogP) is 4.14. The molecule has 5 nitrogen and oxygen atoms in total. The Morgan fingerprint density at radius 2 is 1.79 bits per heavy atom. The summed E-state index contributed by atoms with van der Waals surface area (Å²) in [5.74, 6) is -0.268. The lowest BCUT2D eigenvalue weighted by molar-refractivity contribution is -0.138. The summed E-state index contributed by atoms with van der Waals surface area (Å²) in [6.45, 7) is 0.627. The van der Waals surface area contributed by atoms with Crippen molar-refractivity contribution in [3.63, 3.8) is 0 Å². The first-order valence-electron chi connectivity index (χ1n) is 8.84. The summed E-state index contributed by atoms with van der Waals surface area (Å²) in [5.41, 5.74) is -0.932. The van der Waals surface area contributed by atoms with Crippen LogP contribution in [0.5, 0.6) is 5.75 Å². The van der Waals surface area contributed by atoms with Crippen molar-refractivity contribution in [1.82, 2.24) is 5.32 Å². The molecule has 0 amide bonds. The minimum atomic E-state index is -4.69. The van der Waals surface area contributed by atoms with E-state index in [0.29, 0.717) is 17.3 Å². The van der Waals surface area contributed by atoms with Gasteiger partial charge in [-0.05, 0) is 23.6 Å². The maximum absolute atomic E-state index is 13.6. The molecule has 4 rings (SSSR count). The van der Waals surface area contributed by atoms with Crippen molar-refractivity contribution in [3.8, 4) is 5.75 Å². The number of hydrogen-bond donors (Lipinski definition) is 2. The molecule has 0 unspecified atom stereocenters. The molecular formula is C20H17F3N2O3S. The summed E-state index contributed by atoms with van der Waals surface area (Å²) in [6.07, 6.45) is -4.69. The maximum atomic E-state index is 13.6. The van der Waals surface area contributed by atoms with E-state index in [1.165, 1.54) is 12.1 Å². The van der Waals surface area contributed by atoms with Gasteiger partial charge >= 0.3 is 6.18 Å². The topological polar surface area (TPSA) is 67.4 Å². The Morgan fingerprint density at radius 1 is 1.03 bits per heavy atom. The largest absolute Gasteiger partial charge is 0.491 e. The summed E-state index contributed by atoms with van der Waals surface area (Å²) >= 11 is 0. The van der Waals surface area contributed by atoms with Gasteiger partial charge in [-0.3, -0.25) is 4.72 Å². The number of halogens is 3. The van der Waals surface area contributed by atoms with Crippen molar-refractivity contribution in [3.05, 3.63) is 65.7 Å². The highest BCUT2D eigenvalue weighted by atomic mass is 32.2. The molecule has 1 aliphatic heterocycles. The van der Waals surface area contributed by atoms with Crippen LogP contribution in [0.25, 0.3) is 10.8 Å². The van der Waals surface area contributed by atoms with E-state index in [0.717, 1.165) is 6.07 Å². The summed E-state index contributed by atoms with van der Waals surface area (Å²) in [7, 11) is -4.12. The van der Waals surface area contributed by atoms with Crippen LogP contribution in [0.3, 0.4) is 0 Å². The lowest BCUT2D eigenvalue weighted by atomic mass is 10.1. The van der Waals surface area contributed by atoms with E-state index < -0.39 is 21.8 Å². The lowest BCUT2D eigenvalue weighted by Gasteiger charge is -2.18. The zero-order chi connectivity index (χ0) is 20.6. The molecule has 0 spiro atoms. The van der Waals surface area contributed by atoms with E-state index in [2.05, 4.69) is 10.0 Å². The van der Waals surface area contributed by atoms with E-state index in [4.69, 9.17) is 4.74 Å². The Bertz CT molecular complexity index is 1170. The summed E-state index contributed by atoms with van der Waals surface area (Å²) in [6, 6.07) is 13.8. The minimum Gasteiger partial charge on any atom is -0.491 e. The van der Waals surface area contributed by atoms with E-state index in [-0.39, 0.29) is 35.0 Å². The number of hydrogen-bond acceptors (Lipinski definition) is 4. The van der Waals surface area contributed by atoms with Crippen LogP contribution >= 0.6 is 0 Å². The van der Waals surface area contributed by atoms with Gasteiger partial charge in [0.1, 0.15) is 12.4 Å². The van der Waals surface area contributed by atoms with E-state index in [1.54, 1.807) is 36.4 Å². The van der Waals surface area contributed by atoms with Crippen LogP contribution in [0.15, 0.2) is 59.5 Å². The fourth-order valence-corrected chi connectivity index (χ4v) is 4.62. The van der Waals surface area contributed by atoms with Crippen molar-refractivity contribution in [2.24, 2.45) is 0 Å². The van der Waals surface area contributed by atoms with Crippen LogP contribution in [0.4, 0.5) is 18.9 Å². The number of benzene rings is 3. The van der Waals surface area contributed by atoms with Crippen LogP contribution < -0.4 is 14.8 Å². The van der Waals surface area contributed by atoms with Gasteiger partial charge in [-0.1, -0.05) is 36.4 Å². The molecule has 1 aliphatic rings. The van der Waals surface area contributed by atoms with Gasteiger partial charge in [0.2, 0.25) is 0 Å². The average Bonchev–Trinajstić information content (AvgIpc) is 2.91. The number of rotatable bonds is 3. The molecule has 152 valence electrons. The monoisotopic (exact) mass is 422 g/mol. The third kappa shape index (κ3) is 3.88. The van der Waals surface area contributed by atoms with E-state index in [9.17, 15) is 21.6 Å². The number of ether oxygens (including phenoxy) is 1. The lowest BCUT2D eigenvalue weighted by Crippen LogP contribution is -2.16. The third-order valence-electron chi connectivity index (χ3n) is 4.60. The SMILES string of the molecule is O=S(=O)(Nc1cc2c(c(C(F)(F)F)c1)OCCNC2)c1cccc2ccccc12. The molecule has 0 fully saturated rings. The van der Waals surface area contributed by atoms with Crippen molar-refractivity contribution < 1.29 is 26.3 Å². The summed E-state index contributed by atoms with van der Waals surface area (Å²) < 4.78 is 74.2. The van der Waals surface area contributed by atoms with Gasteiger partial charge in [0.15, 0.2) is 0 Å². The standard InChI is InChI=1S/C20H17F3N2O3S/c21-20(22,23)17-11-15(10-14-12-24-8-9-28-19(14)17)25-29(26,27)18-7-3-5-13-4-1-2-6-16(13)18/h1-7,10-11,24-25H,8-9,12H2. The Labute approximate surface area is 165 Å². The second-order valence-corrected chi connectivity index (χ2v) is 8.27. The number of sulfonamides is 1. The van der Waals surface area contributed by atoms with Gasteiger partial charge in [-0.2, -0.15) is 13.2 Å². The highest BCUT2D eigenvalue weighted by Gasteiger charge is 2.37. The Morgan fingerprint density at radius 3 is 2.59 bits per heavy atom. The molecule has 3 aromatic rings. The van der Waals surface area contributed by atoms with Gasteiger partial charge in [-0.15, -0.1) is 0 Å². The molecule has 0 saturated heterocycles. The van der Waals surface area contributed by atoms with Gasteiger partial charge in [0.05, 0.1) is 16.1 Å². The molecule has 0 bridgehead atoms. The first-order valence-corrected chi connectivity index (χ1v) is 10.3. The molecule has 0 aromatic heterocycles. The highest BCUT2D eigenvalue weighted by Crippen LogP contribution is 2.41. The summed E-state index contributed by atoms with van der Waals surface area (Å²) in [5, 5.41) is 4.16. The Hall–Kier alpha value is -2.78. The van der Waals surface area contributed by atoms with Crippen molar-refractivity contribution in [2.75, 3.05) is 17.9 Å². The second kappa shape index (κ2) is 7.23. The average molecular weight is 422 g/mol. The van der Waals surface area contributed by atoms with Gasteiger partial charge in [-0.25, -0.2) is 8.42 Å². The third-order valence-corrected chi connectivity index (χ3v) is 6.04. The predicted molar refractivity (Wildman–Crippen MR) is 103 cm³/mol. The number of nitrogens with one attached hydrogen (secondary N) is 2. The molecule has 9 heteroatoms. The number of anilines is 1. The second-order valence-electron chi connectivity index (χ2n) is 6.62. The van der Waals surface area contributed by atoms with Crippen LogP contribution in [0.2, 0.25) is 0 Å². The van der Waals surface area contributed by atoms with Crippen molar-refractivity contribution >= 4 is 26.5 Å². The zero-order valence-corrected chi connectivity index (χ0v) is 15.9. The fraction of sp³-hybridized carbons (Fsp3) is 0.200. The van der Waals surface area contributed by atoms with Crippen LogP contribution in [0, 0.1) is 0 Å². The normalized spacial score (nSPS) is 14.7. The van der Waals surface area contributed by atoms with Gasteiger partial charge < -0.3 is 10.1 Å². The zero-order valence-electron chi connectivity index (χ0n) is 15.1. The molecule has 0 atom stereocenters. The van der Waals surface area contributed by atoms with Crippen LogP contribution in [-0.2, 0) is 22.7 Å². The van der Waals surface area contributed by atoms with E-state index in [1.807, 2.05) is 0 Å². The smallest absolute Gasteiger partial charge is 0.420 e. The Balaban J connectivity index is 1.80. The Kier molecular flexibility index (Phi) is 4.87. The highest BCUT2D eigenvalue weighted by molar-refractivity contribution is 7.93. The first kappa shape index (κ1) is 19.5. The van der Waals surface area contributed by atoms with Crippen molar-refractivity contribution in [2.45, 2.75) is 17.6 Å².